The molecule has 1 amide bonds. The third-order valence-corrected chi connectivity index (χ3v) is 6.08. The van der Waals surface area contributed by atoms with Crippen molar-refractivity contribution in [2.24, 2.45) is 5.41 Å². The molecule has 1 atom stereocenters. The van der Waals surface area contributed by atoms with Gasteiger partial charge in [0.25, 0.3) is 0 Å². The molecule has 0 aliphatic carbocycles. The van der Waals surface area contributed by atoms with Crippen LogP contribution in [-0.2, 0) is 20.8 Å². The number of pyridine rings is 1. The maximum atomic E-state index is 13.4. The van der Waals surface area contributed by atoms with Crippen LogP contribution in [0.2, 0.25) is 5.15 Å². The van der Waals surface area contributed by atoms with Crippen molar-refractivity contribution < 1.29 is 23.8 Å². The minimum atomic E-state index is -0.615. The molecule has 3 rings (SSSR count). The molecule has 1 aromatic heterocycles. The highest BCUT2D eigenvalue weighted by atomic mass is 35.5. The molecule has 0 bridgehead atoms. The zero-order valence-electron chi connectivity index (χ0n) is 18.9. The van der Waals surface area contributed by atoms with Crippen molar-refractivity contribution in [3.05, 3.63) is 28.5 Å². The van der Waals surface area contributed by atoms with E-state index in [1.54, 1.807) is 17.2 Å². The average Bonchev–Trinajstić information content (AvgIpc) is 2.72. The van der Waals surface area contributed by atoms with Crippen LogP contribution in [-0.4, -0.2) is 53.3 Å². The SMILES string of the molecule is CC(C)(C)OC(=O)N1CCC(C)(C(=O)c2cc(CO[C@H]3CCCCO3)cnc2Cl)CC1. The Kier molecular flexibility index (Phi) is 7.60. The summed E-state index contributed by atoms with van der Waals surface area (Å²) in [4.78, 5) is 31.6. The second kappa shape index (κ2) is 9.84. The zero-order valence-corrected chi connectivity index (χ0v) is 19.7. The number of amides is 1. The standard InChI is InChI=1S/C23H33ClN2O5/c1-22(2,3)31-21(28)26-10-8-23(4,9-11-26)19(27)17-13-16(14-25-20(17)24)15-30-18-7-5-6-12-29-18/h13-14,18H,5-12,15H2,1-4H3/t18-/m0/s1. The number of likely N-dealkylation sites (tertiary alicyclic amines) is 1. The summed E-state index contributed by atoms with van der Waals surface area (Å²) in [6.45, 7) is 9.41. The maximum Gasteiger partial charge on any atom is 0.410 e. The molecule has 0 saturated carbocycles. The molecule has 3 heterocycles. The first-order valence-corrected chi connectivity index (χ1v) is 11.4. The van der Waals surface area contributed by atoms with Gasteiger partial charge in [-0.1, -0.05) is 18.5 Å². The van der Waals surface area contributed by atoms with Gasteiger partial charge in [0.1, 0.15) is 10.8 Å². The number of halogens is 1. The molecule has 0 aromatic carbocycles. The largest absolute Gasteiger partial charge is 0.444 e. The molecule has 0 unspecified atom stereocenters. The first kappa shape index (κ1) is 24.0. The summed E-state index contributed by atoms with van der Waals surface area (Å²) in [6.07, 6.45) is 5.19. The summed E-state index contributed by atoms with van der Waals surface area (Å²) in [6, 6.07) is 1.77. The normalized spacial score (nSPS) is 21.6. The van der Waals surface area contributed by atoms with E-state index in [9.17, 15) is 9.59 Å². The second-order valence-electron chi connectivity index (χ2n) is 9.65. The number of carbonyl (C=O) groups excluding carboxylic acids is 2. The van der Waals surface area contributed by atoms with E-state index in [0.29, 0.717) is 44.7 Å². The number of piperidine rings is 1. The first-order valence-electron chi connectivity index (χ1n) is 11.0. The summed E-state index contributed by atoms with van der Waals surface area (Å²) in [7, 11) is 0. The first-order chi connectivity index (χ1) is 14.6. The van der Waals surface area contributed by atoms with Gasteiger partial charge in [0, 0.05) is 31.3 Å². The van der Waals surface area contributed by atoms with Crippen LogP contribution in [0.15, 0.2) is 12.3 Å². The zero-order chi connectivity index (χ0) is 22.6. The Morgan fingerprint density at radius 3 is 2.61 bits per heavy atom. The number of rotatable bonds is 5. The van der Waals surface area contributed by atoms with E-state index < -0.39 is 11.0 Å². The molecule has 0 radical (unpaired) electrons. The summed E-state index contributed by atoms with van der Waals surface area (Å²) in [5.41, 5.74) is 0.0330. The molecular formula is C23H33ClN2O5. The van der Waals surface area contributed by atoms with Gasteiger partial charge >= 0.3 is 6.09 Å². The lowest BCUT2D eigenvalue weighted by atomic mass is 9.74. The van der Waals surface area contributed by atoms with Gasteiger partial charge < -0.3 is 19.1 Å². The van der Waals surface area contributed by atoms with Crippen LogP contribution < -0.4 is 0 Å². The van der Waals surface area contributed by atoms with Crippen LogP contribution >= 0.6 is 11.6 Å². The highest BCUT2D eigenvalue weighted by Gasteiger charge is 2.40. The molecule has 0 spiro atoms. The number of hydrogen-bond donors (Lipinski definition) is 0. The predicted octanol–water partition coefficient (Wildman–Crippen LogP) is 5.00. The van der Waals surface area contributed by atoms with E-state index in [1.165, 1.54) is 0 Å². The van der Waals surface area contributed by atoms with E-state index in [2.05, 4.69) is 4.98 Å². The average molecular weight is 453 g/mol. The van der Waals surface area contributed by atoms with Gasteiger partial charge in [0.15, 0.2) is 12.1 Å². The molecule has 2 fully saturated rings. The number of hydrogen-bond acceptors (Lipinski definition) is 6. The number of carbonyl (C=O) groups is 2. The van der Waals surface area contributed by atoms with E-state index in [1.807, 2.05) is 27.7 Å². The van der Waals surface area contributed by atoms with Gasteiger partial charge in [-0.3, -0.25) is 4.79 Å². The monoisotopic (exact) mass is 452 g/mol. The molecule has 2 aliphatic heterocycles. The molecule has 0 N–H and O–H groups in total. The fourth-order valence-corrected chi connectivity index (χ4v) is 4.01. The quantitative estimate of drug-likeness (QED) is 0.462. The van der Waals surface area contributed by atoms with Crippen LogP contribution in [0.1, 0.15) is 75.7 Å². The Balaban J connectivity index is 1.63. The van der Waals surface area contributed by atoms with Gasteiger partial charge in [0.2, 0.25) is 0 Å². The van der Waals surface area contributed by atoms with Crippen LogP contribution in [0.25, 0.3) is 0 Å². The molecule has 1 aromatic rings. The summed E-state index contributed by atoms with van der Waals surface area (Å²) in [5.74, 6) is -0.0513. The number of nitrogens with zero attached hydrogens (tertiary/aromatic N) is 2. The third-order valence-electron chi connectivity index (χ3n) is 5.78. The van der Waals surface area contributed by atoms with Crippen LogP contribution in [0.3, 0.4) is 0 Å². The number of ether oxygens (including phenoxy) is 3. The lowest BCUT2D eigenvalue weighted by Crippen LogP contribution is -2.46. The smallest absolute Gasteiger partial charge is 0.410 e. The maximum absolute atomic E-state index is 13.4. The van der Waals surface area contributed by atoms with Gasteiger partial charge in [-0.2, -0.15) is 0 Å². The summed E-state index contributed by atoms with van der Waals surface area (Å²) >= 11 is 6.29. The van der Waals surface area contributed by atoms with Gasteiger partial charge in [-0.25, -0.2) is 9.78 Å². The lowest BCUT2D eigenvalue weighted by Gasteiger charge is -2.38. The topological polar surface area (TPSA) is 78.0 Å². The van der Waals surface area contributed by atoms with Crippen molar-refractivity contribution in [2.45, 2.75) is 78.3 Å². The van der Waals surface area contributed by atoms with Crippen molar-refractivity contribution in [2.75, 3.05) is 19.7 Å². The number of Topliss-reactive ketones (excluding diaryl/α,β-unsaturated/α-hetero) is 1. The fourth-order valence-electron chi connectivity index (χ4n) is 3.82. The Morgan fingerprint density at radius 1 is 1.29 bits per heavy atom. The van der Waals surface area contributed by atoms with Crippen molar-refractivity contribution in [3.8, 4) is 0 Å². The highest BCUT2D eigenvalue weighted by molar-refractivity contribution is 6.33. The molecule has 172 valence electrons. The molecule has 8 heteroatoms. The van der Waals surface area contributed by atoms with Crippen LogP contribution in [0.5, 0.6) is 0 Å². The number of ketones is 1. The van der Waals surface area contributed by atoms with Crippen molar-refractivity contribution >= 4 is 23.5 Å². The molecule has 31 heavy (non-hydrogen) atoms. The summed E-state index contributed by atoms with van der Waals surface area (Å²) < 4.78 is 16.9. The summed E-state index contributed by atoms with van der Waals surface area (Å²) in [5, 5.41) is 0.193. The Labute approximate surface area is 189 Å². The van der Waals surface area contributed by atoms with Gasteiger partial charge in [-0.05, 0) is 64.5 Å². The second-order valence-corrected chi connectivity index (χ2v) is 10.0. The minimum Gasteiger partial charge on any atom is -0.444 e. The Hall–Kier alpha value is -1.70. The molecular weight excluding hydrogens is 420 g/mol. The Morgan fingerprint density at radius 2 is 2.00 bits per heavy atom. The minimum absolute atomic E-state index is 0.0513. The van der Waals surface area contributed by atoms with Crippen LogP contribution in [0.4, 0.5) is 4.79 Å². The predicted molar refractivity (Wildman–Crippen MR) is 117 cm³/mol. The van der Waals surface area contributed by atoms with Crippen molar-refractivity contribution in [1.29, 1.82) is 0 Å². The molecule has 2 saturated heterocycles. The molecule has 2 aliphatic rings. The van der Waals surface area contributed by atoms with Gasteiger partial charge in [-0.15, -0.1) is 0 Å². The third kappa shape index (κ3) is 6.40. The van der Waals surface area contributed by atoms with Crippen molar-refractivity contribution in [3.63, 3.8) is 0 Å². The Bertz CT molecular complexity index is 794. The van der Waals surface area contributed by atoms with Crippen molar-refractivity contribution in [1.82, 2.24) is 9.88 Å². The van der Waals surface area contributed by atoms with E-state index in [0.717, 1.165) is 24.8 Å². The van der Waals surface area contributed by atoms with E-state index in [-0.39, 0.29) is 23.3 Å². The molecule has 7 nitrogen and oxygen atoms in total. The lowest BCUT2D eigenvalue weighted by molar-refractivity contribution is -0.168. The van der Waals surface area contributed by atoms with Gasteiger partial charge in [0.05, 0.1) is 12.2 Å². The van der Waals surface area contributed by atoms with Crippen LogP contribution in [0, 0.1) is 5.41 Å². The van der Waals surface area contributed by atoms with E-state index >= 15 is 0 Å². The number of aromatic nitrogens is 1. The van der Waals surface area contributed by atoms with E-state index in [4.69, 9.17) is 25.8 Å². The highest BCUT2D eigenvalue weighted by Crippen LogP contribution is 2.36. The fraction of sp³-hybridized carbons (Fsp3) is 0.696.